The summed E-state index contributed by atoms with van der Waals surface area (Å²) in [6.45, 7) is 11.5. The summed E-state index contributed by atoms with van der Waals surface area (Å²) in [7, 11) is 3.89. The van der Waals surface area contributed by atoms with E-state index < -0.39 is 0 Å². The highest BCUT2D eigenvalue weighted by Gasteiger charge is 2.18. The molecule has 0 aliphatic carbocycles. The van der Waals surface area contributed by atoms with Gasteiger partial charge in [0.15, 0.2) is 5.96 Å². The van der Waals surface area contributed by atoms with Crippen molar-refractivity contribution in [2.75, 3.05) is 60.0 Å². The molecule has 5 heteroatoms. The van der Waals surface area contributed by atoms with Gasteiger partial charge in [-0.3, -0.25) is 4.99 Å². The molecular formula is C16H34N4O. The van der Waals surface area contributed by atoms with Crippen LogP contribution >= 0.6 is 0 Å². The molecule has 1 fully saturated rings. The molecule has 1 aliphatic heterocycles. The Morgan fingerprint density at radius 1 is 1.43 bits per heavy atom. The van der Waals surface area contributed by atoms with Crippen molar-refractivity contribution in [1.82, 2.24) is 15.1 Å². The first-order chi connectivity index (χ1) is 10.2. The van der Waals surface area contributed by atoms with Gasteiger partial charge in [-0.1, -0.05) is 6.92 Å². The number of nitrogens with one attached hydrogen (secondary N) is 1. The predicted octanol–water partition coefficient (Wildman–Crippen LogP) is 1.65. The van der Waals surface area contributed by atoms with Gasteiger partial charge in [-0.25, -0.2) is 0 Å². The largest absolute Gasteiger partial charge is 0.383 e. The molecule has 1 N–H and O–H groups in total. The van der Waals surface area contributed by atoms with E-state index in [1.807, 2.05) is 0 Å². The van der Waals surface area contributed by atoms with Crippen molar-refractivity contribution in [3.8, 4) is 0 Å². The number of guanidine groups is 1. The lowest BCUT2D eigenvalue weighted by atomic mass is 10.0. The molecule has 1 atom stereocenters. The third kappa shape index (κ3) is 7.67. The molecule has 0 aromatic carbocycles. The summed E-state index contributed by atoms with van der Waals surface area (Å²) in [5.41, 5.74) is 0. The van der Waals surface area contributed by atoms with Gasteiger partial charge in [0.25, 0.3) is 0 Å². The maximum Gasteiger partial charge on any atom is 0.193 e. The van der Waals surface area contributed by atoms with Gasteiger partial charge in [-0.15, -0.1) is 0 Å². The van der Waals surface area contributed by atoms with Crippen LogP contribution in [0.1, 0.15) is 33.1 Å². The minimum absolute atomic E-state index is 0.780. The van der Waals surface area contributed by atoms with E-state index in [0.29, 0.717) is 0 Å². The summed E-state index contributed by atoms with van der Waals surface area (Å²) in [6.07, 6.45) is 3.73. The quantitative estimate of drug-likeness (QED) is 0.420. The fraction of sp³-hybridized carbons (Fsp3) is 0.938. The van der Waals surface area contributed by atoms with Crippen molar-refractivity contribution in [2.45, 2.75) is 33.1 Å². The average Bonchev–Trinajstić information content (AvgIpc) is 2.48. The molecule has 1 rings (SSSR count). The highest BCUT2D eigenvalue weighted by Crippen LogP contribution is 2.15. The van der Waals surface area contributed by atoms with Crippen molar-refractivity contribution in [1.29, 1.82) is 0 Å². The van der Waals surface area contributed by atoms with Crippen molar-refractivity contribution in [2.24, 2.45) is 10.9 Å². The zero-order chi connectivity index (χ0) is 15.5. The fourth-order valence-corrected chi connectivity index (χ4v) is 2.69. The number of aliphatic imine (C=N–C) groups is 1. The molecule has 0 spiro atoms. The summed E-state index contributed by atoms with van der Waals surface area (Å²) in [4.78, 5) is 9.52. The van der Waals surface area contributed by atoms with Crippen LogP contribution in [0.5, 0.6) is 0 Å². The average molecular weight is 298 g/mol. The molecule has 1 unspecified atom stereocenters. The number of hydrogen-bond donors (Lipinski definition) is 1. The van der Waals surface area contributed by atoms with E-state index >= 15 is 0 Å². The number of hydrogen-bond acceptors (Lipinski definition) is 3. The highest BCUT2D eigenvalue weighted by molar-refractivity contribution is 5.80. The molecule has 0 aromatic heterocycles. The molecule has 21 heavy (non-hydrogen) atoms. The van der Waals surface area contributed by atoms with Crippen LogP contribution in [0, 0.1) is 5.92 Å². The molecule has 0 amide bonds. The van der Waals surface area contributed by atoms with Crippen LogP contribution in [0.15, 0.2) is 4.99 Å². The molecule has 124 valence electrons. The zero-order valence-electron chi connectivity index (χ0n) is 14.4. The third-order valence-corrected chi connectivity index (χ3v) is 3.93. The number of nitrogens with zero attached hydrogens (tertiary/aromatic N) is 3. The van der Waals surface area contributed by atoms with E-state index in [1.54, 1.807) is 7.11 Å². The lowest BCUT2D eigenvalue weighted by molar-refractivity contribution is 0.161. The number of likely N-dealkylation sites (tertiary alicyclic amines) is 1. The molecule has 0 radical (unpaired) electrons. The molecule has 1 aliphatic rings. The van der Waals surface area contributed by atoms with E-state index in [0.717, 1.165) is 64.2 Å². The lowest BCUT2D eigenvalue weighted by Gasteiger charge is -2.33. The molecule has 0 aromatic rings. The lowest BCUT2D eigenvalue weighted by Crippen LogP contribution is -2.46. The molecule has 1 saturated heterocycles. The topological polar surface area (TPSA) is 40.1 Å². The SMILES string of the molecule is CCNC(=NCCCN(C)CCOC)N1CCCC(C)C1. The van der Waals surface area contributed by atoms with Gasteiger partial charge in [0, 0.05) is 39.8 Å². The van der Waals surface area contributed by atoms with Gasteiger partial charge in [0.2, 0.25) is 0 Å². The van der Waals surface area contributed by atoms with Crippen molar-refractivity contribution in [3.63, 3.8) is 0 Å². The maximum absolute atomic E-state index is 5.09. The van der Waals surface area contributed by atoms with Crippen molar-refractivity contribution >= 4 is 5.96 Å². The van der Waals surface area contributed by atoms with Gasteiger partial charge in [0.1, 0.15) is 0 Å². The molecule has 0 saturated carbocycles. The van der Waals surface area contributed by atoms with Gasteiger partial charge < -0.3 is 19.9 Å². The summed E-state index contributed by atoms with van der Waals surface area (Å²) >= 11 is 0. The Hall–Kier alpha value is -0.810. The second kappa shape index (κ2) is 10.9. The van der Waals surface area contributed by atoms with Crippen LogP contribution in [0.3, 0.4) is 0 Å². The van der Waals surface area contributed by atoms with Gasteiger partial charge in [-0.05, 0) is 45.7 Å². The second-order valence-electron chi connectivity index (χ2n) is 6.08. The summed E-state index contributed by atoms with van der Waals surface area (Å²) in [6, 6.07) is 0. The highest BCUT2D eigenvalue weighted by atomic mass is 16.5. The van der Waals surface area contributed by atoms with Crippen LogP contribution in [-0.2, 0) is 4.74 Å². The normalized spacial score (nSPS) is 20.1. The maximum atomic E-state index is 5.09. The minimum Gasteiger partial charge on any atom is -0.383 e. The molecular weight excluding hydrogens is 264 g/mol. The zero-order valence-corrected chi connectivity index (χ0v) is 14.4. The van der Waals surface area contributed by atoms with Gasteiger partial charge >= 0.3 is 0 Å². The van der Waals surface area contributed by atoms with Gasteiger partial charge in [-0.2, -0.15) is 0 Å². The van der Waals surface area contributed by atoms with E-state index in [4.69, 9.17) is 9.73 Å². The number of methoxy groups -OCH3 is 1. The van der Waals surface area contributed by atoms with E-state index in [-0.39, 0.29) is 0 Å². The van der Waals surface area contributed by atoms with Crippen LogP contribution in [0.2, 0.25) is 0 Å². The van der Waals surface area contributed by atoms with Crippen molar-refractivity contribution in [3.05, 3.63) is 0 Å². The van der Waals surface area contributed by atoms with Gasteiger partial charge in [0.05, 0.1) is 6.61 Å². The number of ether oxygens (including phenoxy) is 1. The Morgan fingerprint density at radius 3 is 2.90 bits per heavy atom. The Morgan fingerprint density at radius 2 is 2.24 bits per heavy atom. The first kappa shape index (κ1) is 18.2. The third-order valence-electron chi connectivity index (χ3n) is 3.93. The fourth-order valence-electron chi connectivity index (χ4n) is 2.69. The van der Waals surface area contributed by atoms with E-state index in [9.17, 15) is 0 Å². The number of piperidine rings is 1. The monoisotopic (exact) mass is 298 g/mol. The standard InChI is InChI=1S/C16H34N4O/c1-5-17-16(20-11-6-8-15(2)14-20)18-9-7-10-19(3)12-13-21-4/h15H,5-14H2,1-4H3,(H,17,18). The van der Waals surface area contributed by atoms with Crippen molar-refractivity contribution < 1.29 is 4.74 Å². The Bertz CT molecular complexity index is 296. The molecule has 1 heterocycles. The molecule has 0 bridgehead atoms. The summed E-state index contributed by atoms with van der Waals surface area (Å²) in [5, 5.41) is 3.44. The van der Waals surface area contributed by atoms with E-state index in [2.05, 4.69) is 36.0 Å². The van der Waals surface area contributed by atoms with E-state index in [1.165, 1.54) is 12.8 Å². The Kier molecular flexibility index (Phi) is 9.42. The Labute approximate surface area is 130 Å². The van der Waals surface area contributed by atoms with Crippen LogP contribution in [0.4, 0.5) is 0 Å². The van der Waals surface area contributed by atoms with Crippen LogP contribution in [0.25, 0.3) is 0 Å². The van der Waals surface area contributed by atoms with Crippen LogP contribution in [-0.4, -0.2) is 75.8 Å². The number of rotatable bonds is 8. The first-order valence-electron chi connectivity index (χ1n) is 8.38. The minimum atomic E-state index is 0.780. The first-order valence-corrected chi connectivity index (χ1v) is 8.38. The second-order valence-corrected chi connectivity index (χ2v) is 6.08. The molecule has 5 nitrogen and oxygen atoms in total. The van der Waals surface area contributed by atoms with Crippen LogP contribution < -0.4 is 5.32 Å². The number of likely N-dealkylation sites (N-methyl/N-ethyl adjacent to an activating group) is 1. The Balaban J connectivity index is 2.34. The summed E-state index contributed by atoms with van der Waals surface area (Å²) < 4.78 is 5.09. The predicted molar refractivity (Wildman–Crippen MR) is 89.9 cm³/mol. The summed E-state index contributed by atoms with van der Waals surface area (Å²) in [5.74, 6) is 1.88. The smallest absolute Gasteiger partial charge is 0.193 e.